The molecule has 26 heavy (non-hydrogen) atoms. The van der Waals surface area contributed by atoms with Crippen LogP contribution in [0.4, 0.5) is 10.1 Å². The quantitative estimate of drug-likeness (QED) is 0.633. The van der Waals surface area contributed by atoms with E-state index in [4.69, 9.17) is 4.74 Å². The Hall–Kier alpha value is -3.14. The number of hydrogen-bond donors (Lipinski definition) is 1. The van der Waals surface area contributed by atoms with Gasteiger partial charge in [0.15, 0.2) is 0 Å². The second-order valence-corrected chi connectivity index (χ2v) is 7.00. The Morgan fingerprint density at radius 1 is 0.846 bits per heavy atom. The number of aryl methyl sites for hydroxylation is 2. The fourth-order valence-electron chi connectivity index (χ4n) is 4.13. The molecule has 0 fully saturated rings. The van der Waals surface area contributed by atoms with Crippen LogP contribution in [-0.4, -0.2) is 5.91 Å². The number of rotatable bonds is 0. The summed E-state index contributed by atoms with van der Waals surface area (Å²) in [7, 11) is 0. The molecular formula is C22H16FNO2. The average molecular weight is 345 g/mol. The molecule has 0 bridgehead atoms. The Labute approximate surface area is 150 Å². The highest BCUT2D eigenvalue weighted by molar-refractivity contribution is 6.12. The standard InChI is InChI=1S/C22H16FNO2/c1-12-3-6-16-19(9-12)26-20-10-13(2)4-7-17(20)22(16)15-8-5-14(23)11-18(15)24-21(22)25/h3-11H,1-2H3,(H,24,25). The lowest BCUT2D eigenvalue weighted by molar-refractivity contribution is -0.118. The van der Waals surface area contributed by atoms with Gasteiger partial charge in [-0.15, -0.1) is 0 Å². The molecule has 2 aliphatic rings. The van der Waals surface area contributed by atoms with Gasteiger partial charge in [-0.2, -0.15) is 0 Å². The predicted molar refractivity (Wildman–Crippen MR) is 97.3 cm³/mol. The first kappa shape index (κ1) is 15.1. The van der Waals surface area contributed by atoms with Gasteiger partial charge in [0.25, 0.3) is 0 Å². The van der Waals surface area contributed by atoms with Crippen LogP contribution in [0.2, 0.25) is 0 Å². The highest BCUT2D eigenvalue weighted by Crippen LogP contribution is 2.56. The minimum absolute atomic E-state index is 0.184. The van der Waals surface area contributed by atoms with Crippen LogP contribution < -0.4 is 10.1 Å². The molecule has 1 N–H and O–H groups in total. The Bertz CT molecular complexity index is 1050. The summed E-state index contributed by atoms with van der Waals surface area (Å²) in [5.41, 5.74) is 3.88. The Morgan fingerprint density at radius 3 is 2.04 bits per heavy atom. The number of carbonyl (C=O) groups excluding carboxylic acids is 1. The van der Waals surface area contributed by atoms with Crippen LogP contribution in [-0.2, 0) is 10.2 Å². The summed E-state index contributed by atoms with van der Waals surface area (Å²) in [6, 6.07) is 16.2. The van der Waals surface area contributed by atoms with Gasteiger partial charge >= 0.3 is 0 Å². The number of anilines is 1. The maximum Gasteiger partial charge on any atom is 0.244 e. The molecule has 3 aromatic carbocycles. The van der Waals surface area contributed by atoms with Crippen LogP contribution in [0.15, 0.2) is 54.6 Å². The third kappa shape index (κ3) is 1.79. The molecule has 2 aliphatic heterocycles. The van der Waals surface area contributed by atoms with Crippen molar-refractivity contribution in [1.82, 2.24) is 0 Å². The molecule has 2 heterocycles. The van der Waals surface area contributed by atoms with Gasteiger partial charge in [0, 0.05) is 22.4 Å². The van der Waals surface area contributed by atoms with E-state index in [0.29, 0.717) is 17.2 Å². The number of halogens is 1. The van der Waals surface area contributed by atoms with Crippen molar-refractivity contribution >= 4 is 11.6 Å². The summed E-state index contributed by atoms with van der Waals surface area (Å²) in [6.07, 6.45) is 0. The van der Waals surface area contributed by atoms with Crippen molar-refractivity contribution < 1.29 is 13.9 Å². The van der Waals surface area contributed by atoms with Crippen LogP contribution in [0.25, 0.3) is 0 Å². The first-order valence-corrected chi connectivity index (χ1v) is 8.52. The van der Waals surface area contributed by atoms with Gasteiger partial charge in [0.1, 0.15) is 22.7 Å². The first-order valence-electron chi connectivity index (χ1n) is 8.52. The van der Waals surface area contributed by atoms with E-state index in [9.17, 15) is 9.18 Å². The topological polar surface area (TPSA) is 38.3 Å². The summed E-state index contributed by atoms with van der Waals surface area (Å²) in [6.45, 7) is 3.97. The van der Waals surface area contributed by atoms with Gasteiger partial charge in [0.2, 0.25) is 5.91 Å². The number of ether oxygens (including phenoxy) is 1. The van der Waals surface area contributed by atoms with E-state index in [0.717, 1.165) is 27.8 Å². The van der Waals surface area contributed by atoms with Crippen molar-refractivity contribution in [3.63, 3.8) is 0 Å². The fraction of sp³-hybridized carbons (Fsp3) is 0.136. The number of hydrogen-bond acceptors (Lipinski definition) is 2. The minimum atomic E-state index is -1.03. The van der Waals surface area contributed by atoms with E-state index in [1.165, 1.54) is 12.1 Å². The molecule has 5 rings (SSSR count). The van der Waals surface area contributed by atoms with Gasteiger partial charge in [0.05, 0.1) is 0 Å². The second kappa shape index (κ2) is 4.94. The molecule has 1 spiro atoms. The monoisotopic (exact) mass is 345 g/mol. The third-order valence-corrected chi connectivity index (χ3v) is 5.28. The van der Waals surface area contributed by atoms with Crippen LogP contribution in [0, 0.1) is 19.7 Å². The number of carbonyl (C=O) groups is 1. The first-order chi connectivity index (χ1) is 12.5. The molecule has 128 valence electrons. The predicted octanol–water partition coefficient (Wildman–Crippen LogP) is 4.83. The summed E-state index contributed by atoms with van der Waals surface area (Å²) in [5, 5.41) is 2.88. The lowest BCUT2D eigenvalue weighted by atomic mass is 9.68. The average Bonchev–Trinajstić information content (AvgIpc) is 2.86. The molecule has 0 atom stereocenters. The maximum absolute atomic E-state index is 13.8. The molecule has 0 aliphatic carbocycles. The van der Waals surface area contributed by atoms with Crippen molar-refractivity contribution in [1.29, 1.82) is 0 Å². The lowest BCUT2D eigenvalue weighted by Gasteiger charge is -2.36. The van der Waals surface area contributed by atoms with Crippen LogP contribution >= 0.6 is 0 Å². The smallest absolute Gasteiger partial charge is 0.244 e. The fourth-order valence-corrected chi connectivity index (χ4v) is 4.13. The van der Waals surface area contributed by atoms with Crippen molar-refractivity contribution in [2.45, 2.75) is 19.3 Å². The highest BCUT2D eigenvalue weighted by Gasteiger charge is 2.54. The van der Waals surface area contributed by atoms with Crippen molar-refractivity contribution in [2.75, 3.05) is 5.32 Å². The molecule has 3 nitrogen and oxygen atoms in total. The molecule has 3 aromatic rings. The summed E-state index contributed by atoms with van der Waals surface area (Å²) < 4.78 is 19.9. The summed E-state index contributed by atoms with van der Waals surface area (Å²) in [5.74, 6) is 0.767. The van der Waals surface area contributed by atoms with E-state index >= 15 is 0 Å². The number of nitrogens with one attached hydrogen (secondary N) is 1. The molecule has 1 amide bonds. The highest BCUT2D eigenvalue weighted by atomic mass is 19.1. The molecule has 0 saturated heterocycles. The van der Waals surface area contributed by atoms with E-state index in [1.807, 2.05) is 50.2 Å². The second-order valence-electron chi connectivity index (χ2n) is 7.00. The van der Waals surface area contributed by atoms with Gasteiger partial charge in [-0.3, -0.25) is 4.79 Å². The zero-order chi connectivity index (χ0) is 18.1. The van der Waals surface area contributed by atoms with Crippen molar-refractivity contribution in [2.24, 2.45) is 0 Å². The Balaban J connectivity index is 1.92. The van der Waals surface area contributed by atoms with E-state index < -0.39 is 5.41 Å². The van der Waals surface area contributed by atoms with E-state index in [2.05, 4.69) is 5.32 Å². The van der Waals surface area contributed by atoms with Gasteiger partial charge < -0.3 is 10.1 Å². The molecule has 4 heteroatoms. The maximum atomic E-state index is 13.8. The number of fused-ring (bicyclic) bond motifs is 6. The van der Waals surface area contributed by atoms with Gasteiger partial charge in [-0.25, -0.2) is 4.39 Å². The normalized spacial score (nSPS) is 15.7. The largest absolute Gasteiger partial charge is 0.457 e. The Morgan fingerprint density at radius 2 is 1.42 bits per heavy atom. The van der Waals surface area contributed by atoms with E-state index in [1.54, 1.807) is 6.07 Å². The minimum Gasteiger partial charge on any atom is -0.457 e. The SMILES string of the molecule is Cc1ccc2c(c1)Oc1cc(C)ccc1C21C(=O)Nc2cc(F)ccc21. The van der Waals surface area contributed by atoms with Crippen molar-refractivity contribution in [3.8, 4) is 11.5 Å². The third-order valence-electron chi connectivity index (χ3n) is 5.28. The van der Waals surface area contributed by atoms with Gasteiger partial charge in [-0.1, -0.05) is 30.3 Å². The van der Waals surface area contributed by atoms with Gasteiger partial charge in [-0.05, 0) is 49.2 Å². The van der Waals surface area contributed by atoms with E-state index in [-0.39, 0.29) is 11.7 Å². The Kier molecular flexibility index (Phi) is 2.88. The molecule has 0 aromatic heterocycles. The number of amides is 1. The van der Waals surface area contributed by atoms with Crippen LogP contribution in [0.1, 0.15) is 27.8 Å². The summed E-state index contributed by atoms with van der Waals surface area (Å²) in [4.78, 5) is 13.3. The number of benzene rings is 3. The molecule has 0 radical (unpaired) electrons. The molecular weight excluding hydrogens is 329 g/mol. The zero-order valence-electron chi connectivity index (χ0n) is 14.4. The molecule has 0 saturated carbocycles. The van der Waals surface area contributed by atoms with Crippen LogP contribution in [0.5, 0.6) is 11.5 Å². The molecule has 0 unspecified atom stereocenters. The van der Waals surface area contributed by atoms with Crippen LogP contribution in [0.3, 0.4) is 0 Å². The van der Waals surface area contributed by atoms with Crippen molar-refractivity contribution in [3.05, 3.63) is 88.2 Å². The summed E-state index contributed by atoms with van der Waals surface area (Å²) >= 11 is 0. The zero-order valence-corrected chi connectivity index (χ0v) is 14.4. The lowest BCUT2D eigenvalue weighted by Crippen LogP contribution is -2.39.